The number of anilines is 4. The number of hydrogen-bond acceptors (Lipinski definition) is 8. The molecule has 12 heteroatoms. The van der Waals surface area contributed by atoms with E-state index in [1.807, 2.05) is 51.1 Å². The van der Waals surface area contributed by atoms with Gasteiger partial charge in [-0.3, -0.25) is 4.31 Å². The number of rotatable bonds is 7. The Morgan fingerprint density at radius 2 is 1.92 bits per heavy atom. The molecule has 1 aliphatic rings. The van der Waals surface area contributed by atoms with Crippen molar-refractivity contribution in [3.05, 3.63) is 70.4 Å². The highest BCUT2D eigenvalue weighted by molar-refractivity contribution is 7.92. The number of amides is 1. The highest BCUT2D eigenvalue weighted by Crippen LogP contribution is 2.28. The molecule has 2 N–H and O–H groups in total. The van der Waals surface area contributed by atoms with Gasteiger partial charge in [0.2, 0.25) is 16.0 Å². The zero-order valence-corrected chi connectivity index (χ0v) is 24.2. The van der Waals surface area contributed by atoms with Crippen LogP contribution >= 0.6 is 11.6 Å². The molecule has 0 unspecified atom stereocenters. The van der Waals surface area contributed by atoms with Crippen LogP contribution < -0.4 is 14.9 Å². The maximum Gasteiger partial charge on any atom is 0.410 e. The summed E-state index contributed by atoms with van der Waals surface area (Å²) in [7, 11) is -1.90. The summed E-state index contributed by atoms with van der Waals surface area (Å²) < 4.78 is 30.8. The van der Waals surface area contributed by atoms with E-state index in [0.717, 1.165) is 28.6 Å². The molecular formula is C27H33ClN6O4S. The van der Waals surface area contributed by atoms with Gasteiger partial charge in [-0.2, -0.15) is 4.98 Å². The minimum Gasteiger partial charge on any atom is -0.444 e. The van der Waals surface area contributed by atoms with Gasteiger partial charge in [0.25, 0.3) is 0 Å². The highest BCUT2D eigenvalue weighted by Gasteiger charge is 2.26. The van der Waals surface area contributed by atoms with E-state index in [1.54, 1.807) is 17.0 Å². The van der Waals surface area contributed by atoms with Crippen LogP contribution in [0, 0.1) is 0 Å². The lowest BCUT2D eigenvalue weighted by molar-refractivity contribution is 0.0224. The topological polar surface area (TPSA) is 117 Å². The van der Waals surface area contributed by atoms with Crippen LogP contribution in [0.2, 0.25) is 5.02 Å². The quantitative estimate of drug-likeness (QED) is 0.398. The summed E-state index contributed by atoms with van der Waals surface area (Å²) in [6, 6.07) is 13.1. The lowest BCUT2D eigenvalue weighted by atomic mass is 9.99. The van der Waals surface area contributed by atoms with Crippen LogP contribution in [0.25, 0.3) is 0 Å². The second kappa shape index (κ2) is 11.3. The van der Waals surface area contributed by atoms with Crippen molar-refractivity contribution in [3.8, 4) is 0 Å². The molecule has 208 valence electrons. The van der Waals surface area contributed by atoms with Gasteiger partial charge >= 0.3 is 6.09 Å². The Bertz CT molecular complexity index is 1480. The first-order chi connectivity index (χ1) is 18.3. The number of hydrogen-bond donors (Lipinski definition) is 2. The first kappa shape index (κ1) is 28.4. The molecule has 1 aliphatic heterocycles. The van der Waals surface area contributed by atoms with E-state index in [2.05, 4.69) is 20.6 Å². The van der Waals surface area contributed by atoms with Crippen LogP contribution in [0.5, 0.6) is 0 Å². The summed E-state index contributed by atoms with van der Waals surface area (Å²) in [5.41, 5.74) is 3.81. The Hall–Kier alpha value is -3.57. The molecule has 2 heterocycles. The standard InChI is InChI=1S/C27H33ClN6O4S/c1-27(2,3)38-26(35)34-13-12-18-14-21(11-10-20(18)17-34)31-25-30-16-22(28)24(32-25)29-15-19-8-6-7-9-23(19)33(4)39(5,36)37/h6-11,14,16H,12-13,15,17H2,1-5H3,(H2,29,30,31,32). The number of para-hydroxylation sites is 1. The van der Waals surface area contributed by atoms with E-state index in [1.165, 1.54) is 17.5 Å². The van der Waals surface area contributed by atoms with E-state index >= 15 is 0 Å². The number of nitrogens with one attached hydrogen (secondary N) is 2. The summed E-state index contributed by atoms with van der Waals surface area (Å²) in [5.74, 6) is 0.770. The van der Waals surface area contributed by atoms with Crippen molar-refractivity contribution in [2.75, 3.05) is 34.8 Å². The van der Waals surface area contributed by atoms with Crippen LogP contribution in [-0.4, -0.2) is 54.8 Å². The number of nitrogens with zero attached hydrogens (tertiary/aromatic N) is 4. The van der Waals surface area contributed by atoms with Gasteiger partial charge in [-0.05, 0) is 62.1 Å². The Labute approximate surface area is 234 Å². The maximum absolute atomic E-state index is 12.5. The van der Waals surface area contributed by atoms with Gasteiger partial charge in [0.15, 0.2) is 5.82 Å². The molecule has 0 radical (unpaired) electrons. The molecule has 4 rings (SSSR count). The molecular weight excluding hydrogens is 540 g/mol. The number of halogens is 1. The molecule has 1 aromatic heterocycles. The van der Waals surface area contributed by atoms with Crippen LogP contribution in [0.4, 0.5) is 27.9 Å². The number of aromatic nitrogens is 2. The Morgan fingerprint density at radius 1 is 1.18 bits per heavy atom. The van der Waals surface area contributed by atoms with E-state index in [9.17, 15) is 13.2 Å². The fourth-order valence-corrected chi connectivity index (χ4v) is 4.81. The third-order valence-electron chi connectivity index (χ3n) is 6.15. The molecule has 2 aromatic carbocycles. The van der Waals surface area contributed by atoms with Crippen LogP contribution in [-0.2, 0) is 34.3 Å². The highest BCUT2D eigenvalue weighted by atomic mass is 35.5. The molecule has 0 saturated carbocycles. The molecule has 10 nitrogen and oxygen atoms in total. The molecule has 0 fully saturated rings. The molecule has 3 aromatic rings. The maximum atomic E-state index is 12.5. The Kier molecular flexibility index (Phi) is 8.22. The van der Waals surface area contributed by atoms with E-state index in [-0.39, 0.29) is 6.09 Å². The van der Waals surface area contributed by atoms with Crippen LogP contribution in [0.1, 0.15) is 37.5 Å². The Balaban J connectivity index is 1.45. The zero-order valence-electron chi connectivity index (χ0n) is 22.7. The normalized spacial score (nSPS) is 13.4. The molecule has 0 atom stereocenters. The summed E-state index contributed by atoms with van der Waals surface area (Å²) in [4.78, 5) is 23.0. The van der Waals surface area contributed by atoms with Crippen molar-refractivity contribution in [1.82, 2.24) is 14.9 Å². The lowest BCUT2D eigenvalue weighted by Gasteiger charge is -2.31. The number of ether oxygens (including phenoxy) is 1. The number of sulfonamides is 1. The summed E-state index contributed by atoms with van der Waals surface area (Å²) >= 11 is 6.35. The largest absolute Gasteiger partial charge is 0.444 e. The van der Waals surface area contributed by atoms with E-state index in [4.69, 9.17) is 16.3 Å². The van der Waals surface area contributed by atoms with Gasteiger partial charge in [0, 0.05) is 32.4 Å². The molecule has 0 saturated heterocycles. The fraction of sp³-hybridized carbons (Fsp3) is 0.370. The smallest absolute Gasteiger partial charge is 0.410 e. The van der Waals surface area contributed by atoms with E-state index in [0.29, 0.717) is 48.5 Å². The second-order valence-electron chi connectivity index (χ2n) is 10.4. The zero-order chi connectivity index (χ0) is 28.4. The number of fused-ring (bicyclic) bond motifs is 1. The van der Waals surface area contributed by atoms with Crippen molar-refractivity contribution in [2.24, 2.45) is 0 Å². The van der Waals surface area contributed by atoms with Crippen LogP contribution in [0.3, 0.4) is 0 Å². The minimum absolute atomic E-state index is 0.305. The lowest BCUT2D eigenvalue weighted by Crippen LogP contribution is -2.39. The Morgan fingerprint density at radius 3 is 2.64 bits per heavy atom. The minimum atomic E-state index is -3.41. The number of benzene rings is 2. The van der Waals surface area contributed by atoms with Gasteiger partial charge < -0.3 is 20.3 Å². The van der Waals surface area contributed by atoms with Gasteiger partial charge in [-0.15, -0.1) is 0 Å². The predicted octanol–water partition coefficient (Wildman–Crippen LogP) is 5.17. The first-order valence-corrected chi connectivity index (χ1v) is 14.7. The van der Waals surface area contributed by atoms with Gasteiger partial charge in [0.1, 0.15) is 10.6 Å². The van der Waals surface area contributed by atoms with Crippen molar-refractivity contribution in [3.63, 3.8) is 0 Å². The summed E-state index contributed by atoms with van der Waals surface area (Å²) in [6.45, 7) is 6.95. The molecule has 0 bridgehead atoms. The van der Waals surface area contributed by atoms with Crippen molar-refractivity contribution in [1.29, 1.82) is 0 Å². The average Bonchev–Trinajstić information content (AvgIpc) is 2.87. The summed E-state index contributed by atoms with van der Waals surface area (Å²) in [5, 5.41) is 6.75. The van der Waals surface area contributed by atoms with Gasteiger partial charge in [-0.25, -0.2) is 18.2 Å². The number of carbonyl (C=O) groups is 1. The first-order valence-electron chi connectivity index (χ1n) is 12.4. The van der Waals surface area contributed by atoms with Crippen molar-refractivity contribution < 1.29 is 17.9 Å². The predicted molar refractivity (Wildman–Crippen MR) is 154 cm³/mol. The molecule has 0 aliphatic carbocycles. The molecule has 39 heavy (non-hydrogen) atoms. The van der Waals surface area contributed by atoms with Crippen molar-refractivity contribution >= 4 is 50.9 Å². The third kappa shape index (κ3) is 7.30. The second-order valence-corrected chi connectivity index (χ2v) is 12.8. The van der Waals surface area contributed by atoms with Gasteiger partial charge in [0.05, 0.1) is 18.1 Å². The average molecular weight is 573 g/mol. The monoisotopic (exact) mass is 572 g/mol. The summed E-state index contributed by atoms with van der Waals surface area (Å²) in [6.07, 6.45) is 3.06. The number of carbonyl (C=O) groups excluding carboxylic acids is 1. The SMILES string of the molecule is CN(c1ccccc1CNc1nc(Nc2ccc3c(c2)CCN(C(=O)OC(C)(C)C)C3)ncc1Cl)S(C)(=O)=O. The van der Waals surface area contributed by atoms with Gasteiger partial charge in [-0.1, -0.05) is 35.9 Å². The molecule has 0 spiro atoms. The molecule has 1 amide bonds. The fourth-order valence-electron chi connectivity index (χ4n) is 4.12. The van der Waals surface area contributed by atoms with E-state index < -0.39 is 15.6 Å². The van der Waals surface area contributed by atoms with Crippen molar-refractivity contribution in [2.45, 2.75) is 45.9 Å². The third-order valence-corrected chi connectivity index (χ3v) is 7.61. The van der Waals surface area contributed by atoms with Crippen LogP contribution in [0.15, 0.2) is 48.7 Å².